The number of hydrogen-bond acceptors (Lipinski definition) is 6. The van der Waals surface area contributed by atoms with E-state index in [4.69, 9.17) is 9.26 Å². The van der Waals surface area contributed by atoms with Gasteiger partial charge < -0.3 is 19.5 Å². The van der Waals surface area contributed by atoms with Crippen molar-refractivity contribution in [1.29, 1.82) is 0 Å². The average Bonchev–Trinajstić information content (AvgIpc) is 2.98. The molecular formula is C14H24N4O2. The maximum absolute atomic E-state index is 5.76. The number of aromatic nitrogens is 2. The predicted molar refractivity (Wildman–Crippen MR) is 74.6 cm³/mol. The number of likely N-dealkylation sites (N-methyl/N-ethyl adjacent to an activating group) is 1. The largest absolute Gasteiger partial charge is 0.367 e. The second-order valence-corrected chi connectivity index (χ2v) is 5.96. The Morgan fingerprint density at radius 2 is 2.20 bits per heavy atom. The van der Waals surface area contributed by atoms with Gasteiger partial charge in [-0.25, -0.2) is 0 Å². The minimum absolute atomic E-state index is 0.0526. The van der Waals surface area contributed by atoms with Gasteiger partial charge in [0.2, 0.25) is 11.7 Å². The molecule has 20 heavy (non-hydrogen) atoms. The number of morpholine rings is 1. The van der Waals surface area contributed by atoms with Crippen molar-refractivity contribution in [2.24, 2.45) is 0 Å². The summed E-state index contributed by atoms with van der Waals surface area (Å²) in [7, 11) is 2.09. The Morgan fingerprint density at radius 1 is 1.40 bits per heavy atom. The molecule has 2 saturated heterocycles. The third kappa shape index (κ3) is 2.60. The van der Waals surface area contributed by atoms with Gasteiger partial charge in [0.05, 0.1) is 12.0 Å². The molecule has 0 saturated carbocycles. The summed E-state index contributed by atoms with van der Waals surface area (Å²) in [4.78, 5) is 6.92. The summed E-state index contributed by atoms with van der Waals surface area (Å²) in [5.74, 6) is 1.51. The Balaban J connectivity index is 1.78. The van der Waals surface area contributed by atoms with Crippen LogP contribution in [-0.2, 0) is 10.2 Å². The summed E-state index contributed by atoms with van der Waals surface area (Å²) in [6, 6.07) is 0. The van der Waals surface area contributed by atoms with E-state index < -0.39 is 0 Å². The van der Waals surface area contributed by atoms with Crippen molar-refractivity contribution in [2.75, 3.05) is 39.8 Å². The van der Waals surface area contributed by atoms with E-state index in [1.54, 1.807) is 0 Å². The molecule has 0 amide bonds. The van der Waals surface area contributed by atoms with E-state index in [1.165, 1.54) is 0 Å². The highest BCUT2D eigenvalue weighted by Crippen LogP contribution is 2.36. The van der Waals surface area contributed by atoms with Crippen LogP contribution in [0.15, 0.2) is 4.52 Å². The van der Waals surface area contributed by atoms with Gasteiger partial charge in [0.25, 0.3) is 0 Å². The lowest BCUT2D eigenvalue weighted by atomic mass is 9.76. The van der Waals surface area contributed by atoms with E-state index in [0.29, 0.717) is 5.82 Å². The molecular weight excluding hydrogens is 256 g/mol. The number of nitrogens with zero attached hydrogens (tertiary/aromatic N) is 3. The van der Waals surface area contributed by atoms with E-state index in [1.807, 2.05) is 0 Å². The third-order valence-corrected chi connectivity index (χ3v) is 4.69. The molecule has 6 heteroatoms. The normalized spacial score (nSPS) is 27.6. The van der Waals surface area contributed by atoms with Gasteiger partial charge in [0.15, 0.2) is 0 Å². The first kappa shape index (κ1) is 14.0. The fourth-order valence-corrected chi connectivity index (χ4v) is 3.14. The molecule has 6 nitrogen and oxygen atoms in total. The smallest absolute Gasteiger partial charge is 0.233 e. The molecule has 2 aliphatic rings. The van der Waals surface area contributed by atoms with Crippen LogP contribution >= 0.6 is 0 Å². The van der Waals surface area contributed by atoms with E-state index >= 15 is 0 Å². The average molecular weight is 280 g/mol. The van der Waals surface area contributed by atoms with E-state index in [-0.39, 0.29) is 11.5 Å². The van der Waals surface area contributed by atoms with Gasteiger partial charge in [-0.15, -0.1) is 0 Å². The molecule has 0 spiro atoms. The molecule has 1 aromatic heterocycles. The quantitative estimate of drug-likeness (QED) is 0.894. The third-order valence-electron chi connectivity index (χ3n) is 4.69. The Bertz CT molecular complexity index is 442. The second-order valence-electron chi connectivity index (χ2n) is 5.96. The lowest BCUT2D eigenvalue weighted by Crippen LogP contribution is -2.40. The maximum Gasteiger partial charge on any atom is 0.233 e. The number of piperidine rings is 1. The molecule has 1 N–H and O–H groups in total. The molecule has 112 valence electrons. The zero-order valence-corrected chi connectivity index (χ0v) is 12.4. The number of hydrogen-bond donors (Lipinski definition) is 1. The molecule has 0 aliphatic carbocycles. The fourth-order valence-electron chi connectivity index (χ4n) is 3.14. The van der Waals surface area contributed by atoms with Crippen LogP contribution in [0.5, 0.6) is 0 Å². The van der Waals surface area contributed by atoms with Crippen molar-refractivity contribution in [2.45, 2.75) is 37.7 Å². The number of nitrogens with one attached hydrogen (secondary N) is 1. The first-order chi connectivity index (χ1) is 9.73. The highest BCUT2D eigenvalue weighted by molar-refractivity contribution is 5.08. The van der Waals surface area contributed by atoms with Gasteiger partial charge in [0, 0.05) is 13.1 Å². The van der Waals surface area contributed by atoms with Crippen LogP contribution in [0.4, 0.5) is 0 Å². The molecule has 1 aromatic rings. The molecule has 3 rings (SSSR count). The Labute approximate surface area is 119 Å². The number of ether oxygens (including phenoxy) is 1. The monoisotopic (exact) mass is 280 g/mol. The second kappa shape index (κ2) is 5.79. The molecule has 0 aromatic carbocycles. The minimum Gasteiger partial charge on any atom is -0.367 e. The van der Waals surface area contributed by atoms with Crippen molar-refractivity contribution in [3.05, 3.63) is 11.7 Å². The topological polar surface area (TPSA) is 63.4 Å². The van der Waals surface area contributed by atoms with Crippen LogP contribution in [0.25, 0.3) is 0 Å². The van der Waals surface area contributed by atoms with Gasteiger partial charge >= 0.3 is 0 Å². The Hall–Kier alpha value is -0.980. The van der Waals surface area contributed by atoms with Crippen LogP contribution in [0.3, 0.4) is 0 Å². The molecule has 2 fully saturated rings. The minimum atomic E-state index is -0.0538. The van der Waals surface area contributed by atoms with E-state index in [9.17, 15) is 0 Å². The zero-order valence-electron chi connectivity index (χ0n) is 12.4. The van der Waals surface area contributed by atoms with Gasteiger partial charge in [0.1, 0.15) is 6.10 Å². The maximum atomic E-state index is 5.76. The van der Waals surface area contributed by atoms with Crippen molar-refractivity contribution < 1.29 is 9.26 Å². The fraction of sp³-hybridized carbons (Fsp3) is 0.857. The van der Waals surface area contributed by atoms with E-state index in [0.717, 1.165) is 57.9 Å². The van der Waals surface area contributed by atoms with Crippen LogP contribution in [0.2, 0.25) is 0 Å². The van der Waals surface area contributed by atoms with Crippen LogP contribution in [0, 0.1) is 0 Å². The van der Waals surface area contributed by atoms with Gasteiger partial charge in [-0.3, -0.25) is 0 Å². The predicted octanol–water partition coefficient (Wildman–Crippen LogP) is 1.10. The summed E-state index contributed by atoms with van der Waals surface area (Å²) in [5.41, 5.74) is 0.0526. The van der Waals surface area contributed by atoms with Crippen molar-refractivity contribution in [1.82, 2.24) is 20.4 Å². The number of rotatable bonds is 3. The first-order valence-electron chi connectivity index (χ1n) is 7.58. The molecule has 1 unspecified atom stereocenters. The van der Waals surface area contributed by atoms with Gasteiger partial charge in [-0.05, 0) is 39.4 Å². The lowest BCUT2D eigenvalue weighted by Gasteiger charge is -2.33. The zero-order chi connectivity index (χ0) is 14.0. The highest BCUT2D eigenvalue weighted by Gasteiger charge is 2.38. The highest BCUT2D eigenvalue weighted by atomic mass is 16.5. The van der Waals surface area contributed by atoms with Crippen molar-refractivity contribution >= 4 is 0 Å². The summed E-state index contributed by atoms with van der Waals surface area (Å²) in [5, 5.41) is 7.58. The molecule has 1 atom stereocenters. The Morgan fingerprint density at radius 3 is 2.90 bits per heavy atom. The molecule has 0 bridgehead atoms. The first-order valence-corrected chi connectivity index (χ1v) is 7.58. The summed E-state index contributed by atoms with van der Waals surface area (Å²) < 4.78 is 11.4. The van der Waals surface area contributed by atoms with Crippen molar-refractivity contribution in [3.63, 3.8) is 0 Å². The lowest BCUT2D eigenvalue weighted by molar-refractivity contribution is -0.0264. The van der Waals surface area contributed by atoms with Crippen LogP contribution in [-0.4, -0.2) is 54.9 Å². The summed E-state index contributed by atoms with van der Waals surface area (Å²) in [6.45, 7) is 6.78. The summed E-state index contributed by atoms with van der Waals surface area (Å²) >= 11 is 0. The SMILES string of the molecule is CCC1(c2nc(C3CN(C)CCO3)no2)CCNCC1. The summed E-state index contributed by atoms with van der Waals surface area (Å²) in [6.07, 6.45) is 3.12. The molecule has 0 radical (unpaired) electrons. The van der Waals surface area contributed by atoms with Crippen molar-refractivity contribution in [3.8, 4) is 0 Å². The van der Waals surface area contributed by atoms with Crippen LogP contribution < -0.4 is 5.32 Å². The Kier molecular flexibility index (Phi) is 4.05. The van der Waals surface area contributed by atoms with Crippen LogP contribution in [0.1, 0.15) is 44.0 Å². The standard InChI is InChI=1S/C14H24N4O2/c1-3-14(4-6-15-7-5-14)13-16-12(17-20-13)11-10-18(2)8-9-19-11/h11,15H,3-10H2,1-2H3. The van der Waals surface area contributed by atoms with Gasteiger partial charge in [-0.2, -0.15) is 4.98 Å². The van der Waals surface area contributed by atoms with Gasteiger partial charge in [-0.1, -0.05) is 12.1 Å². The molecule has 2 aliphatic heterocycles. The van der Waals surface area contributed by atoms with E-state index in [2.05, 4.69) is 34.3 Å². The molecule has 3 heterocycles.